The van der Waals surface area contributed by atoms with Crippen LogP contribution in [0.15, 0.2) is 18.5 Å². The highest BCUT2D eigenvalue weighted by Crippen LogP contribution is 2.31. The summed E-state index contributed by atoms with van der Waals surface area (Å²) in [5, 5.41) is 0. The predicted molar refractivity (Wildman–Crippen MR) is 78.9 cm³/mol. The summed E-state index contributed by atoms with van der Waals surface area (Å²) in [6, 6.07) is 1.88. The van der Waals surface area contributed by atoms with Crippen LogP contribution in [-0.2, 0) is 10.0 Å². The van der Waals surface area contributed by atoms with Crippen molar-refractivity contribution < 1.29 is 8.42 Å². The van der Waals surface area contributed by atoms with Gasteiger partial charge in [-0.25, -0.2) is 8.42 Å². The SMILES string of the molecule is Nc1cnccc1N1CCN(S(=O)(=O)CC2CC2)CC1. The van der Waals surface area contributed by atoms with Gasteiger partial charge >= 0.3 is 0 Å². The fourth-order valence-corrected chi connectivity index (χ4v) is 4.44. The third-order valence-corrected chi connectivity index (χ3v) is 5.99. The maximum Gasteiger partial charge on any atom is 0.214 e. The van der Waals surface area contributed by atoms with Crippen molar-refractivity contribution in [1.29, 1.82) is 0 Å². The van der Waals surface area contributed by atoms with Crippen molar-refractivity contribution in [3.63, 3.8) is 0 Å². The second-order valence-electron chi connectivity index (χ2n) is 5.54. The molecule has 20 heavy (non-hydrogen) atoms. The lowest BCUT2D eigenvalue weighted by molar-refractivity contribution is 0.384. The first-order valence-corrected chi connectivity index (χ1v) is 8.59. The molecule has 110 valence electrons. The van der Waals surface area contributed by atoms with E-state index < -0.39 is 10.0 Å². The van der Waals surface area contributed by atoms with E-state index in [2.05, 4.69) is 9.88 Å². The highest BCUT2D eigenvalue weighted by atomic mass is 32.2. The summed E-state index contributed by atoms with van der Waals surface area (Å²) in [5.74, 6) is 0.721. The van der Waals surface area contributed by atoms with E-state index in [9.17, 15) is 8.42 Å². The van der Waals surface area contributed by atoms with E-state index in [1.165, 1.54) is 0 Å². The van der Waals surface area contributed by atoms with Crippen LogP contribution in [0.25, 0.3) is 0 Å². The molecule has 1 aliphatic carbocycles. The topological polar surface area (TPSA) is 79.5 Å². The number of aromatic nitrogens is 1. The maximum atomic E-state index is 12.2. The van der Waals surface area contributed by atoms with E-state index in [0.717, 1.165) is 18.5 Å². The highest BCUT2D eigenvalue weighted by molar-refractivity contribution is 7.89. The standard InChI is InChI=1S/C13H20N4O2S/c14-12-9-15-4-3-13(12)16-5-7-17(8-6-16)20(18,19)10-11-1-2-11/h3-4,9,11H,1-2,5-8,10,14H2. The summed E-state index contributed by atoms with van der Waals surface area (Å²) < 4.78 is 26.1. The Labute approximate surface area is 119 Å². The normalized spacial score (nSPS) is 21.1. The Kier molecular flexibility index (Phi) is 3.55. The molecule has 0 amide bonds. The van der Waals surface area contributed by atoms with Crippen molar-refractivity contribution in [2.24, 2.45) is 5.92 Å². The molecule has 1 aliphatic heterocycles. The number of anilines is 2. The van der Waals surface area contributed by atoms with Crippen LogP contribution in [0.1, 0.15) is 12.8 Å². The van der Waals surface area contributed by atoms with E-state index in [1.807, 2.05) is 6.07 Å². The van der Waals surface area contributed by atoms with Gasteiger partial charge in [0, 0.05) is 32.4 Å². The number of sulfonamides is 1. The van der Waals surface area contributed by atoms with Gasteiger partial charge in [-0.15, -0.1) is 0 Å². The zero-order valence-electron chi connectivity index (χ0n) is 11.4. The monoisotopic (exact) mass is 296 g/mol. The van der Waals surface area contributed by atoms with Crippen molar-refractivity contribution in [2.45, 2.75) is 12.8 Å². The molecule has 2 aliphatic rings. The molecular formula is C13H20N4O2S. The first-order valence-electron chi connectivity index (χ1n) is 6.98. The van der Waals surface area contributed by atoms with Gasteiger partial charge in [0.25, 0.3) is 0 Å². The van der Waals surface area contributed by atoms with Crippen LogP contribution >= 0.6 is 0 Å². The van der Waals surface area contributed by atoms with Gasteiger partial charge in [0.2, 0.25) is 10.0 Å². The Morgan fingerprint density at radius 3 is 2.55 bits per heavy atom. The molecule has 3 rings (SSSR count). The van der Waals surface area contributed by atoms with Crippen LogP contribution in [0.4, 0.5) is 11.4 Å². The Morgan fingerprint density at radius 2 is 1.95 bits per heavy atom. The van der Waals surface area contributed by atoms with Crippen molar-refractivity contribution in [3.05, 3.63) is 18.5 Å². The Morgan fingerprint density at radius 1 is 1.25 bits per heavy atom. The molecular weight excluding hydrogens is 276 g/mol. The lowest BCUT2D eigenvalue weighted by atomic mass is 10.2. The zero-order chi connectivity index (χ0) is 14.2. The second-order valence-corrected chi connectivity index (χ2v) is 7.56. The second kappa shape index (κ2) is 5.21. The number of nitrogens with two attached hydrogens (primary N) is 1. The molecule has 0 radical (unpaired) electrons. The van der Waals surface area contributed by atoms with E-state index in [4.69, 9.17) is 5.73 Å². The molecule has 0 atom stereocenters. The van der Waals surface area contributed by atoms with Gasteiger partial charge in [-0.1, -0.05) is 0 Å². The van der Waals surface area contributed by atoms with Gasteiger partial charge < -0.3 is 10.6 Å². The number of piperazine rings is 1. The molecule has 0 bridgehead atoms. The van der Waals surface area contributed by atoms with E-state index in [1.54, 1.807) is 16.7 Å². The van der Waals surface area contributed by atoms with Crippen LogP contribution in [-0.4, -0.2) is 49.6 Å². The number of nitrogen functional groups attached to an aromatic ring is 1. The molecule has 0 spiro atoms. The lowest BCUT2D eigenvalue weighted by Gasteiger charge is -2.35. The van der Waals surface area contributed by atoms with Crippen LogP contribution < -0.4 is 10.6 Å². The number of hydrogen-bond acceptors (Lipinski definition) is 5. The average molecular weight is 296 g/mol. The molecule has 6 nitrogen and oxygen atoms in total. The van der Waals surface area contributed by atoms with E-state index >= 15 is 0 Å². The van der Waals surface area contributed by atoms with Crippen molar-refractivity contribution in [3.8, 4) is 0 Å². The molecule has 7 heteroatoms. The summed E-state index contributed by atoms with van der Waals surface area (Å²) in [6.07, 6.45) is 5.47. The largest absolute Gasteiger partial charge is 0.396 e. The number of pyridine rings is 1. The summed E-state index contributed by atoms with van der Waals surface area (Å²) in [4.78, 5) is 6.10. The van der Waals surface area contributed by atoms with Crippen LogP contribution in [0, 0.1) is 5.92 Å². The van der Waals surface area contributed by atoms with Gasteiger partial charge in [-0.3, -0.25) is 4.98 Å². The van der Waals surface area contributed by atoms with Gasteiger partial charge in [0.15, 0.2) is 0 Å². The summed E-state index contributed by atoms with van der Waals surface area (Å²) in [7, 11) is -3.07. The summed E-state index contributed by atoms with van der Waals surface area (Å²) in [6.45, 7) is 2.43. The number of rotatable bonds is 4. The van der Waals surface area contributed by atoms with E-state index in [0.29, 0.717) is 43.5 Å². The van der Waals surface area contributed by atoms with Gasteiger partial charge in [0.1, 0.15) is 0 Å². The Hall–Kier alpha value is -1.34. The Bertz CT molecular complexity index is 578. The maximum absolute atomic E-state index is 12.2. The quantitative estimate of drug-likeness (QED) is 0.876. The first kappa shape index (κ1) is 13.6. The molecule has 1 aromatic heterocycles. The minimum absolute atomic E-state index is 0.324. The molecule has 1 saturated carbocycles. The number of nitrogens with zero attached hydrogens (tertiary/aromatic N) is 3. The predicted octanol–water partition coefficient (Wildman–Crippen LogP) is 0.526. The van der Waals surface area contributed by atoms with Gasteiger partial charge in [0.05, 0.1) is 23.3 Å². The molecule has 2 fully saturated rings. The minimum atomic E-state index is -3.07. The van der Waals surface area contributed by atoms with Gasteiger partial charge in [-0.05, 0) is 24.8 Å². The van der Waals surface area contributed by atoms with E-state index in [-0.39, 0.29) is 0 Å². The first-order chi connectivity index (χ1) is 9.56. The van der Waals surface area contributed by atoms with Crippen molar-refractivity contribution in [2.75, 3.05) is 42.6 Å². The van der Waals surface area contributed by atoms with Crippen LogP contribution in [0.2, 0.25) is 0 Å². The minimum Gasteiger partial charge on any atom is -0.396 e. The fourth-order valence-electron chi connectivity index (χ4n) is 2.58. The lowest BCUT2D eigenvalue weighted by Crippen LogP contribution is -2.49. The van der Waals surface area contributed by atoms with Crippen molar-refractivity contribution >= 4 is 21.4 Å². The highest BCUT2D eigenvalue weighted by Gasteiger charge is 2.33. The molecule has 0 aromatic carbocycles. The van der Waals surface area contributed by atoms with Gasteiger partial charge in [-0.2, -0.15) is 4.31 Å². The molecule has 2 N–H and O–H groups in total. The summed E-state index contributed by atoms with van der Waals surface area (Å²) >= 11 is 0. The fraction of sp³-hybridized carbons (Fsp3) is 0.615. The molecule has 2 heterocycles. The zero-order valence-corrected chi connectivity index (χ0v) is 12.2. The van der Waals surface area contributed by atoms with Crippen LogP contribution in [0.5, 0.6) is 0 Å². The third-order valence-electron chi connectivity index (χ3n) is 3.94. The number of hydrogen-bond donors (Lipinski definition) is 1. The molecule has 1 aromatic rings. The van der Waals surface area contributed by atoms with Crippen molar-refractivity contribution in [1.82, 2.24) is 9.29 Å². The smallest absolute Gasteiger partial charge is 0.214 e. The molecule has 0 unspecified atom stereocenters. The third kappa shape index (κ3) is 2.88. The average Bonchev–Trinajstić information content (AvgIpc) is 3.23. The summed E-state index contributed by atoms with van der Waals surface area (Å²) in [5.41, 5.74) is 7.49. The molecule has 1 saturated heterocycles. The van der Waals surface area contributed by atoms with Crippen LogP contribution in [0.3, 0.4) is 0 Å². The Balaban J connectivity index is 1.63.